The maximum absolute atomic E-state index is 14.3. The minimum Gasteiger partial charge on any atom is -0.393 e. The van der Waals surface area contributed by atoms with Crippen LogP contribution in [0.5, 0.6) is 0 Å². The number of halogens is 1. The van der Waals surface area contributed by atoms with Crippen molar-refractivity contribution in [3.05, 3.63) is 29.6 Å². The van der Waals surface area contributed by atoms with Gasteiger partial charge in [0.25, 0.3) is 0 Å². The molecule has 118 valence electrons. The highest BCUT2D eigenvalue weighted by atomic mass is 19.1. The molecule has 1 aliphatic heterocycles. The first-order chi connectivity index (χ1) is 9.99. The van der Waals surface area contributed by atoms with Crippen LogP contribution in [0.3, 0.4) is 0 Å². The van der Waals surface area contributed by atoms with E-state index in [4.69, 9.17) is 0 Å². The Bertz CT molecular complexity index is 464. The van der Waals surface area contributed by atoms with Crippen molar-refractivity contribution in [3.8, 4) is 0 Å². The highest BCUT2D eigenvalue weighted by Crippen LogP contribution is 2.29. The molecule has 3 nitrogen and oxygen atoms in total. The lowest BCUT2D eigenvalue weighted by molar-refractivity contribution is 0.0968. The Morgan fingerprint density at radius 2 is 2.19 bits per heavy atom. The van der Waals surface area contributed by atoms with Crippen LogP contribution in [0.2, 0.25) is 0 Å². The number of anilines is 1. The van der Waals surface area contributed by atoms with Gasteiger partial charge in [-0.1, -0.05) is 32.9 Å². The monoisotopic (exact) mass is 294 g/mol. The van der Waals surface area contributed by atoms with Crippen molar-refractivity contribution in [1.29, 1.82) is 0 Å². The molecular formula is C17H27FN2O. The maximum atomic E-state index is 14.3. The number of aliphatic hydroxyl groups is 1. The topological polar surface area (TPSA) is 35.5 Å². The quantitative estimate of drug-likeness (QED) is 0.876. The Hall–Kier alpha value is -1.13. The summed E-state index contributed by atoms with van der Waals surface area (Å²) < 4.78 is 14.3. The molecule has 0 saturated carbocycles. The van der Waals surface area contributed by atoms with E-state index in [1.165, 1.54) is 6.07 Å². The van der Waals surface area contributed by atoms with Gasteiger partial charge in [-0.15, -0.1) is 0 Å². The lowest BCUT2D eigenvalue weighted by atomic mass is 9.95. The van der Waals surface area contributed by atoms with E-state index in [0.717, 1.165) is 12.1 Å². The van der Waals surface area contributed by atoms with Gasteiger partial charge < -0.3 is 15.3 Å². The van der Waals surface area contributed by atoms with Crippen molar-refractivity contribution in [1.82, 2.24) is 5.32 Å². The number of hydrogen-bond acceptors (Lipinski definition) is 3. The number of nitrogens with zero attached hydrogens (tertiary/aromatic N) is 1. The molecule has 4 heteroatoms. The number of para-hydroxylation sites is 1. The van der Waals surface area contributed by atoms with Crippen LogP contribution in [-0.4, -0.2) is 30.8 Å². The van der Waals surface area contributed by atoms with Gasteiger partial charge in [0.15, 0.2) is 0 Å². The molecule has 1 fully saturated rings. The van der Waals surface area contributed by atoms with Crippen LogP contribution in [0.25, 0.3) is 0 Å². The average molecular weight is 294 g/mol. The first-order valence-electron chi connectivity index (χ1n) is 7.90. The Labute approximate surface area is 127 Å². The van der Waals surface area contributed by atoms with E-state index in [-0.39, 0.29) is 17.8 Å². The van der Waals surface area contributed by atoms with Crippen LogP contribution in [-0.2, 0) is 6.54 Å². The number of benzene rings is 1. The summed E-state index contributed by atoms with van der Waals surface area (Å²) in [7, 11) is 0. The molecule has 2 N–H and O–H groups in total. The second-order valence-electron chi connectivity index (χ2n) is 6.55. The van der Waals surface area contributed by atoms with Gasteiger partial charge in [-0.2, -0.15) is 0 Å². The second kappa shape index (κ2) is 7.23. The minimum atomic E-state index is -0.268. The third kappa shape index (κ3) is 4.17. The molecule has 1 aliphatic rings. The summed E-state index contributed by atoms with van der Waals surface area (Å²) in [6.07, 6.45) is 0.435. The van der Waals surface area contributed by atoms with E-state index in [1.807, 2.05) is 13.0 Å². The molecule has 1 saturated heterocycles. The fourth-order valence-electron chi connectivity index (χ4n) is 2.89. The molecule has 0 amide bonds. The van der Waals surface area contributed by atoms with E-state index in [9.17, 15) is 9.50 Å². The van der Waals surface area contributed by atoms with E-state index in [0.29, 0.717) is 37.7 Å². The van der Waals surface area contributed by atoms with E-state index in [2.05, 4.69) is 24.1 Å². The normalized spacial score (nSPS) is 22.9. The van der Waals surface area contributed by atoms with Crippen molar-refractivity contribution in [2.24, 2.45) is 11.8 Å². The molecule has 2 rings (SSSR count). The minimum absolute atomic E-state index is 0.164. The molecule has 0 radical (unpaired) electrons. The fraction of sp³-hybridized carbons (Fsp3) is 0.647. The van der Waals surface area contributed by atoms with Crippen LogP contribution in [0, 0.1) is 17.7 Å². The smallest absolute Gasteiger partial charge is 0.146 e. The summed E-state index contributed by atoms with van der Waals surface area (Å²) in [4.78, 5) is 2.08. The number of rotatable bonds is 5. The lowest BCUT2D eigenvalue weighted by Crippen LogP contribution is -2.42. The van der Waals surface area contributed by atoms with Crippen LogP contribution in [0.4, 0.5) is 10.1 Å². The molecule has 0 bridgehead atoms. The highest BCUT2D eigenvalue weighted by Gasteiger charge is 2.27. The van der Waals surface area contributed by atoms with E-state index in [1.54, 1.807) is 6.07 Å². The molecule has 0 spiro atoms. The summed E-state index contributed by atoms with van der Waals surface area (Å²) in [6, 6.07) is 5.28. The molecule has 1 aromatic carbocycles. The first-order valence-corrected chi connectivity index (χ1v) is 7.90. The second-order valence-corrected chi connectivity index (χ2v) is 6.55. The number of nitrogens with one attached hydrogen (secondary N) is 1. The Balaban J connectivity index is 2.13. The molecule has 0 aromatic heterocycles. The average Bonchev–Trinajstić information content (AvgIpc) is 2.42. The number of aliphatic hydroxyl groups excluding tert-OH is 1. The van der Waals surface area contributed by atoms with Crippen molar-refractivity contribution < 1.29 is 9.50 Å². The summed E-state index contributed by atoms with van der Waals surface area (Å²) in [5.74, 6) is 0.587. The zero-order valence-electron chi connectivity index (χ0n) is 13.3. The standard InChI is InChI=1S/C17H27FN2O/c1-12(2)9-19-10-14-5-4-6-15(18)17(14)20-8-7-16(21)13(3)11-20/h4-6,12-13,16,19,21H,7-11H2,1-3H3. The maximum Gasteiger partial charge on any atom is 0.146 e. The summed E-state index contributed by atoms with van der Waals surface area (Å²) in [5.41, 5.74) is 1.70. The van der Waals surface area contributed by atoms with Gasteiger partial charge in [0, 0.05) is 19.6 Å². The highest BCUT2D eigenvalue weighted by molar-refractivity contribution is 5.55. The third-order valence-electron chi connectivity index (χ3n) is 4.11. The van der Waals surface area contributed by atoms with E-state index < -0.39 is 0 Å². The number of piperidine rings is 1. The lowest BCUT2D eigenvalue weighted by Gasteiger charge is -2.37. The van der Waals surface area contributed by atoms with Crippen LogP contribution >= 0.6 is 0 Å². The van der Waals surface area contributed by atoms with Crippen LogP contribution in [0.15, 0.2) is 18.2 Å². The molecule has 1 heterocycles. The Morgan fingerprint density at radius 3 is 2.86 bits per heavy atom. The summed E-state index contributed by atoms with van der Waals surface area (Å²) >= 11 is 0. The molecule has 0 aliphatic carbocycles. The van der Waals surface area contributed by atoms with Gasteiger partial charge in [-0.25, -0.2) is 4.39 Å². The zero-order chi connectivity index (χ0) is 15.4. The van der Waals surface area contributed by atoms with E-state index >= 15 is 0 Å². The van der Waals surface area contributed by atoms with Crippen molar-refractivity contribution in [2.75, 3.05) is 24.5 Å². The van der Waals surface area contributed by atoms with Gasteiger partial charge in [0.2, 0.25) is 0 Å². The van der Waals surface area contributed by atoms with Crippen molar-refractivity contribution in [3.63, 3.8) is 0 Å². The SMILES string of the molecule is CC(C)CNCc1cccc(F)c1N1CCC(O)C(C)C1. The molecule has 21 heavy (non-hydrogen) atoms. The van der Waals surface area contributed by atoms with Gasteiger partial charge in [0.1, 0.15) is 5.82 Å². The van der Waals surface area contributed by atoms with Gasteiger partial charge in [-0.3, -0.25) is 0 Å². The van der Waals surface area contributed by atoms with Crippen LogP contribution < -0.4 is 10.2 Å². The molecule has 1 aromatic rings. The summed E-state index contributed by atoms with van der Waals surface area (Å²) in [6.45, 7) is 9.36. The molecule has 2 atom stereocenters. The fourth-order valence-corrected chi connectivity index (χ4v) is 2.89. The summed E-state index contributed by atoms with van der Waals surface area (Å²) in [5, 5.41) is 13.2. The molecular weight excluding hydrogens is 267 g/mol. The zero-order valence-corrected chi connectivity index (χ0v) is 13.3. The third-order valence-corrected chi connectivity index (χ3v) is 4.11. The van der Waals surface area contributed by atoms with Gasteiger partial charge in [-0.05, 0) is 36.4 Å². The van der Waals surface area contributed by atoms with Crippen LogP contribution in [0.1, 0.15) is 32.8 Å². The Morgan fingerprint density at radius 1 is 1.43 bits per heavy atom. The number of hydrogen-bond donors (Lipinski definition) is 2. The van der Waals surface area contributed by atoms with Crippen molar-refractivity contribution in [2.45, 2.75) is 39.8 Å². The van der Waals surface area contributed by atoms with Gasteiger partial charge >= 0.3 is 0 Å². The first kappa shape index (κ1) is 16.2. The predicted octanol–water partition coefficient (Wildman–Crippen LogP) is 2.78. The Kier molecular flexibility index (Phi) is 5.59. The van der Waals surface area contributed by atoms with Crippen molar-refractivity contribution >= 4 is 5.69 Å². The largest absolute Gasteiger partial charge is 0.393 e. The molecule has 2 unspecified atom stereocenters. The predicted molar refractivity (Wildman–Crippen MR) is 84.9 cm³/mol. The van der Waals surface area contributed by atoms with Gasteiger partial charge in [0.05, 0.1) is 11.8 Å².